The van der Waals surface area contributed by atoms with Gasteiger partial charge < -0.3 is 0 Å². The Labute approximate surface area is 155 Å². The molecule has 1 aliphatic heterocycles. The third-order valence-corrected chi connectivity index (χ3v) is 6.47. The van der Waals surface area contributed by atoms with Gasteiger partial charge in [-0.3, -0.25) is 4.90 Å². The van der Waals surface area contributed by atoms with Gasteiger partial charge in [0, 0.05) is 12.6 Å². The fourth-order valence-corrected chi connectivity index (χ4v) is 4.40. The van der Waals surface area contributed by atoms with Crippen molar-refractivity contribution in [2.24, 2.45) is 5.92 Å². The van der Waals surface area contributed by atoms with Gasteiger partial charge in [-0.2, -0.15) is 0 Å². The molecular weight excluding hydrogens is 351 g/mol. The molecule has 0 bridgehead atoms. The topological polar surface area (TPSA) is 49.4 Å². The minimum absolute atomic E-state index is 0.0149. The van der Waals surface area contributed by atoms with Gasteiger partial charge in [0.25, 0.3) is 0 Å². The number of benzene rings is 2. The number of rotatable bonds is 6. The first-order valence-electron chi connectivity index (χ1n) is 9.00. The summed E-state index contributed by atoms with van der Waals surface area (Å²) in [4.78, 5) is 2.43. The Morgan fingerprint density at radius 2 is 1.69 bits per heavy atom. The van der Waals surface area contributed by atoms with Gasteiger partial charge in [-0.05, 0) is 61.7 Å². The highest BCUT2D eigenvalue weighted by Gasteiger charge is 2.26. The first kappa shape index (κ1) is 19.0. The zero-order chi connectivity index (χ0) is 18.6. The van der Waals surface area contributed by atoms with Crippen LogP contribution in [-0.4, -0.2) is 33.0 Å². The SMILES string of the molecule is CC1CCN([C@H](CNS(=O)(=O)c2ccc(F)cc2)c2ccccc2)CC1. The first-order chi connectivity index (χ1) is 12.5. The second-order valence-corrected chi connectivity index (χ2v) is 8.72. The van der Waals surface area contributed by atoms with Crippen molar-refractivity contribution in [3.05, 3.63) is 66.0 Å². The maximum Gasteiger partial charge on any atom is 0.240 e. The number of hydrogen-bond donors (Lipinski definition) is 1. The zero-order valence-electron chi connectivity index (χ0n) is 14.9. The van der Waals surface area contributed by atoms with E-state index in [9.17, 15) is 12.8 Å². The summed E-state index contributed by atoms with van der Waals surface area (Å²) in [5, 5.41) is 0. The summed E-state index contributed by atoms with van der Waals surface area (Å²) in [7, 11) is -3.67. The normalized spacial score (nSPS) is 17.9. The van der Waals surface area contributed by atoms with Crippen LogP contribution in [-0.2, 0) is 10.0 Å². The summed E-state index contributed by atoms with van der Waals surface area (Å²) in [6, 6.07) is 14.9. The van der Waals surface area contributed by atoms with Crippen molar-refractivity contribution in [2.75, 3.05) is 19.6 Å². The molecule has 1 heterocycles. The molecule has 26 heavy (non-hydrogen) atoms. The monoisotopic (exact) mass is 376 g/mol. The van der Waals surface area contributed by atoms with Crippen LogP contribution in [0.3, 0.4) is 0 Å². The molecule has 0 saturated carbocycles. The third kappa shape index (κ3) is 4.69. The summed E-state index contributed by atoms with van der Waals surface area (Å²) in [5.74, 6) is 0.257. The highest BCUT2D eigenvalue weighted by atomic mass is 32.2. The Morgan fingerprint density at radius 1 is 1.08 bits per heavy atom. The summed E-state index contributed by atoms with van der Waals surface area (Å²) >= 11 is 0. The Balaban J connectivity index is 1.76. The van der Waals surface area contributed by atoms with E-state index in [0.717, 1.165) is 43.6 Å². The predicted molar refractivity (Wildman–Crippen MR) is 101 cm³/mol. The van der Waals surface area contributed by atoms with E-state index in [0.29, 0.717) is 5.92 Å². The van der Waals surface area contributed by atoms with Crippen molar-refractivity contribution in [3.8, 4) is 0 Å². The van der Waals surface area contributed by atoms with Gasteiger partial charge >= 0.3 is 0 Å². The van der Waals surface area contributed by atoms with Crippen LogP contribution in [0.1, 0.15) is 31.4 Å². The van der Waals surface area contributed by atoms with E-state index in [1.54, 1.807) is 0 Å². The van der Waals surface area contributed by atoms with Gasteiger partial charge in [0.05, 0.1) is 4.90 Å². The van der Waals surface area contributed by atoms with Crippen LogP contribution in [0, 0.1) is 11.7 Å². The Morgan fingerprint density at radius 3 is 2.31 bits per heavy atom. The van der Waals surface area contributed by atoms with E-state index in [-0.39, 0.29) is 17.5 Å². The molecule has 140 valence electrons. The van der Waals surface area contributed by atoms with Crippen molar-refractivity contribution in [1.82, 2.24) is 9.62 Å². The van der Waals surface area contributed by atoms with Gasteiger partial charge in [-0.15, -0.1) is 0 Å². The second-order valence-electron chi connectivity index (χ2n) is 6.95. The molecule has 1 saturated heterocycles. The molecule has 1 aliphatic rings. The highest BCUT2D eigenvalue weighted by Crippen LogP contribution is 2.26. The average Bonchev–Trinajstić information content (AvgIpc) is 2.64. The Bertz CT molecular complexity index is 801. The molecule has 2 aromatic rings. The number of nitrogens with one attached hydrogen (secondary N) is 1. The van der Waals surface area contributed by atoms with Crippen LogP contribution in [0.2, 0.25) is 0 Å². The largest absolute Gasteiger partial charge is 0.295 e. The summed E-state index contributed by atoms with van der Waals surface area (Å²) < 4.78 is 40.9. The third-order valence-electron chi connectivity index (χ3n) is 5.03. The molecule has 0 unspecified atom stereocenters. The van der Waals surface area contributed by atoms with Crippen molar-refractivity contribution in [2.45, 2.75) is 30.7 Å². The van der Waals surface area contributed by atoms with E-state index in [4.69, 9.17) is 0 Å². The van der Waals surface area contributed by atoms with Crippen molar-refractivity contribution < 1.29 is 12.8 Å². The van der Waals surface area contributed by atoms with E-state index in [2.05, 4.69) is 16.5 Å². The molecule has 0 radical (unpaired) electrons. The van der Waals surface area contributed by atoms with Gasteiger partial charge in [-0.25, -0.2) is 17.5 Å². The molecule has 1 N–H and O–H groups in total. The summed E-state index contributed by atoms with van der Waals surface area (Å²) in [5.41, 5.74) is 1.10. The fourth-order valence-electron chi connectivity index (χ4n) is 3.36. The first-order valence-corrected chi connectivity index (χ1v) is 10.5. The Kier molecular flexibility index (Phi) is 6.06. The molecule has 0 aromatic heterocycles. The maximum atomic E-state index is 13.1. The van der Waals surface area contributed by atoms with Gasteiger partial charge in [0.15, 0.2) is 0 Å². The minimum Gasteiger partial charge on any atom is -0.295 e. The summed E-state index contributed by atoms with van der Waals surface area (Å²) in [6.07, 6.45) is 2.24. The highest BCUT2D eigenvalue weighted by molar-refractivity contribution is 7.89. The molecule has 6 heteroatoms. The molecule has 0 amide bonds. The number of hydrogen-bond acceptors (Lipinski definition) is 3. The second kappa shape index (κ2) is 8.29. The van der Waals surface area contributed by atoms with Crippen molar-refractivity contribution in [3.63, 3.8) is 0 Å². The van der Waals surface area contributed by atoms with Gasteiger partial charge in [-0.1, -0.05) is 37.3 Å². The standard InChI is InChI=1S/C20H25FN2O2S/c1-16-11-13-23(14-12-16)20(17-5-3-2-4-6-17)15-22-26(24,25)19-9-7-18(21)8-10-19/h2-10,16,20,22H,11-15H2,1H3/t20-/m1/s1. The van der Waals surface area contributed by atoms with E-state index >= 15 is 0 Å². The van der Waals surface area contributed by atoms with Crippen LogP contribution in [0.4, 0.5) is 4.39 Å². The number of halogens is 1. The van der Waals surface area contributed by atoms with E-state index in [1.165, 1.54) is 12.1 Å². The van der Waals surface area contributed by atoms with Crippen LogP contribution in [0.25, 0.3) is 0 Å². The summed E-state index contributed by atoms with van der Waals surface area (Å²) in [6.45, 7) is 4.46. The fraction of sp³-hybridized carbons (Fsp3) is 0.400. The molecule has 0 aliphatic carbocycles. The lowest BCUT2D eigenvalue weighted by Gasteiger charge is -2.37. The quantitative estimate of drug-likeness (QED) is 0.838. The van der Waals surface area contributed by atoms with Crippen LogP contribution < -0.4 is 4.72 Å². The number of likely N-dealkylation sites (tertiary alicyclic amines) is 1. The predicted octanol–water partition coefficient (Wildman–Crippen LogP) is 3.58. The molecule has 3 rings (SSSR count). The minimum atomic E-state index is -3.67. The lowest BCUT2D eigenvalue weighted by molar-refractivity contribution is 0.139. The number of sulfonamides is 1. The lowest BCUT2D eigenvalue weighted by atomic mass is 9.96. The van der Waals surface area contributed by atoms with Gasteiger partial charge in [0.1, 0.15) is 5.82 Å². The average molecular weight is 376 g/mol. The van der Waals surface area contributed by atoms with Crippen LogP contribution >= 0.6 is 0 Å². The van der Waals surface area contributed by atoms with E-state index in [1.807, 2.05) is 30.3 Å². The maximum absolute atomic E-state index is 13.1. The van der Waals surface area contributed by atoms with Gasteiger partial charge in [0.2, 0.25) is 10.0 Å². The molecule has 0 spiro atoms. The Hall–Kier alpha value is -1.76. The van der Waals surface area contributed by atoms with Crippen LogP contribution in [0.15, 0.2) is 59.5 Å². The number of piperidine rings is 1. The van der Waals surface area contributed by atoms with E-state index < -0.39 is 15.8 Å². The lowest BCUT2D eigenvalue weighted by Crippen LogP contribution is -2.41. The molecular formula is C20H25FN2O2S. The molecule has 2 aromatic carbocycles. The van der Waals surface area contributed by atoms with Crippen molar-refractivity contribution in [1.29, 1.82) is 0 Å². The molecule has 1 atom stereocenters. The van der Waals surface area contributed by atoms with Crippen molar-refractivity contribution >= 4 is 10.0 Å². The molecule has 4 nitrogen and oxygen atoms in total. The molecule has 1 fully saturated rings. The van der Waals surface area contributed by atoms with Crippen LogP contribution in [0.5, 0.6) is 0 Å². The zero-order valence-corrected chi connectivity index (χ0v) is 15.8. The smallest absolute Gasteiger partial charge is 0.240 e. The number of nitrogens with zero attached hydrogens (tertiary/aromatic N) is 1.